The summed E-state index contributed by atoms with van der Waals surface area (Å²) < 4.78 is 2.06. The third-order valence-corrected chi connectivity index (χ3v) is 4.00. The summed E-state index contributed by atoms with van der Waals surface area (Å²) in [5.41, 5.74) is -0.215. The van der Waals surface area contributed by atoms with Crippen molar-refractivity contribution in [3.63, 3.8) is 0 Å². The van der Waals surface area contributed by atoms with E-state index >= 15 is 0 Å². The minimum atomic E-state index is -0.215. The molecule has 4 heteroatoms. The number of imidazole rings is 1. The van der Waals surface area contributed by atoms with Gasteiger partial charge in [0, 0.05) is 25.4 Å². The van der Waals surface area contributed by atoms with Gasteiger partial charge in [-0.2, -0.15) is 0 Å². The van der Waals surface area contributed by atoms with E-state index in [-0.39, 0.29) is 11.4 Å². The van der Waals surface area contributed by atoms with Crippen molar-refractivity contribution in [1.82, 2.24) is 14.5 Å². The maximum Gasteiger partial charge on any atom is 0.223 e. The number of aromatic nitrogens is 2. The number of piperidine rings is 1. The lowest BCUT2D eigenvalue weighted by atomic mass is 9.87. The normalized spacial score (nSPS) is 26.9. The van der Waals surface area contributed by atoms with E-state index in [1.165, 1.54) is 0 Å². The van der Waals surface area contributed by atoms with Gasteiger partial charge < -0.3 is 9.47 Å². The van der Waals surface area contributed by atoms with E-state index in [0.29, 0.717) is 6.42 Å². The topological polar surface area (TPSA) is 38.1 Å². The number of amides is 1. The molecule has 1 aromatic rings. The van der Waals surface area contributed by atoms with E-state index in [4.69, 9.17) is 0 Å². The van der Waals surface area contributed by atoms with Crippen molar-refractivity contribution in [1.29, 1.82) is 0 Å². The van der Waals surface area contributed by atoms with E-state index in [1.54, 1.807) is 6.20 Å². The molecule has 0 radical (unpaired) electrons. The molecule has 2 aliphatic rings. The number of hydrogen-bond acceptors (Lipinski definition) is 2. The van der Waals surface area contributed by atoms with Gasteiger partial charge in [0.1, 0.15) is 0 Å². The predicted octanol–water partition coefficient (Wildman–Crippen LogP) is 2.15. The molecule has 1 unspecified atom stereocenters. The van der Waals surface area contributed by atoms with Crippen molar-refractivity contribution in [2.24, 2.45) is 0 Å². The van der Waals surface area contributed by atoms with E-state index in [0.717, 1.165) is 32.4 Å². The fraction of sp³-hybridized carbons (Fsp3) is 0.467. The Morgan fingerprint density at radius 2 is 2.26 bits per heavy atom. The van der Waals surface area contributed by atoms with Crippen LogP contribution in [0.1, 0.15) is 25.7 Å². The van der Waals surface area contributed by atoms with Gasteiger partial charge in [0.2, 0.25) is 5.91 Å². The number of carbonyl (C=O) groups excluding carboxylic acids is 1. The first-order valence-corrected chi connectivity index (χ1v) is 6.91. The van der Waals surface area contributed by atoms with Crippen LogP contribution in [-0.4, -0.2) is 32.4 Å². The molecule has 0 saturated carbocycles. The maximum absolute atomic E-state index is 12.3. The first-order chi connectivity index (χ1) is 9.30. The molecule has 0 bridgehead atoms. The zero-order valence-corrected chi connectivity index (χ0v) is 11.0. The second-order valence-corrected chi connectivity index (χ2v) is 5.33. The molecule has 1 amide bonds. The van der Waals surface area contributed by atoms with E-state index in [9.17, 15) is 4.79 Å². The Balaban J connectivity index is 1.90. The van der Waals surface area contributed by atoms with Crippen molar-refractivity contribution >= 4 is 5.91 Å². The molecule has 0 spiro atoms. The van der Waals surface area contributed by atoms with Gasteiger partial charge in [-0.05, 0) is 19.3 Å². The molecule has 0 aromatic carbocycles. The molecule has 1 aliphatic heterocycles. The zero-order valence-electron chi connectivity index (χ0n) is 11.0. The molecule has 1 aromatic heterocycles. The third kappa shape index (κ3) is 2.35. The van der Waals surface area contributed by atoms with Crippen LogP contribution in [0.3, 0.4) is 0 Å². The minimum absolute atomic E-state index is 0.215. The monoisotopic (exact) mass is 257 g/mol. The fourth-order valence-electron chi connectivity index (χ4n) is 3.03. The standard InChI is InChI=1S/C15H19N3O/c19-14-6-2-5-10-18(14)15(7-3-1-4-8-15)12-17-11-9-16-13-17/h1,3-4,7,9,11,13H,2,5-6,8,10,12H2. The summed E-state index contributed by atoms with van der Waals surface area (Å²) >= 11 is 0. The molecule has 1 saturated heterocycles. The summed E-state index contributed by atoms with van der Waals surface area (Å²) in [6.07, 6.45) is 17.7. The Hall–Kier alpha value is -1.84. The highest BCUT2D eigenvalue weighted by molar-refractivity contribution is 5.78. The van der Waals surface area contributed by atoms with Crippen molar-refractivity contribution < 1.29 is 4.79 Å². The number of hydrogen-bond donors (Lipinski definition) is 0. The van der Waals surface area contributed by atoms with Gasteiger partial charge in [0.05, 0.1) is 18.4 Å². The van der Waals surface area contributed by atoms with E-state index in [2.05, 4.69) is 38.8 Å². The number of nitrogens with zero attached hydrogens (tertiary/aromatic N) is 3. The second-order valence-electron chi connectivity index (χ2n) is 5.33. The minimum Gasteiger partial charge on any atom is -0.335 e. The van der Waals surface area contributed by atoms with Crippen LogP contribution in [0.2, 0.25) is 0 Å². The quantitative estimate of drug-likeness (QED) is 0.832. The van der Waals surface area contributed by atoms with Crippen LogP contribution in [0, 0.1) is 0 Å². The number of carbonyl (C=O) groups is 1. The Bertz CT molecular complexity index is 503. The lowest BCUT2D eigenvalue weighted by molar-refractivity contribution is -0.139. The number of likely N-dealkylation sites (tertiary alicyclic amines) is 1. The molecule has 1 fully saturated rings. The summed E-state index contributed by atoms with van der Waals surface area (Å²) in [5, 5.41) is 0. The Morgan fingerprint density at radius 3 is 2.95 bits per heavy atom. The van der Waals surface area contributed by atoms with Crippen LogP contribution in [-0.2, 0) is 11.3 Å². The van der Waals surface area contributed by atoms with Gasteiger partial charge >= 0.3 is 0 Å². The highest BCUT2D eigenvalue weighted by atomic mass is 16.2. The Kier molecular flexibility index (Phi) is 3.23. The first kappa shape index (κ1) is 12.2. The third-order valence-electron chi connectivity index (χ3n) is 4.00. The van der Waals surface area contributed by atoms with Gasteiger partial charge in [-0.3, -0.25) is 4.79 Å². The van der Waals surface area contributed by atoms with E-state index < -0.39 is 0 Å². The van der Waals surface area contributed by atoms with Crippen molar-refractivity contribution in [3.05, 3.63) is 43.0 Å². The average molecular weight is 257 g/mol. The van der Waals surface area contributed by atoms with E-state index in [1.807, 2.05) is 12.5 Å². The number of allylic oxidation sites excluding steroid dienone is 2. The highest BCUT2D eigenvalue weighted by Gasteiger charge is 2.38. The fourth-order valence-corrected chi connectivity index (χ4v) is 3.03. The smallest absolute Gasteiger partial charge is 0.223 e. The summed E-state index contributed by atoms with van der Waals surface area (Å²) in [6, 6.07) is 0. The van der Waals surface area contributed by atoms with Crippen molar-refractivity contribution in [2.45, 2.75) is 37.8 Å². The first-order valence-electron chi connectivity index (χ1n) is 6.91. The van der Waals surface area contributed by atoms with Crippen LogP contribution in [0.5, 0.6) is 0 Å². The predicted molar refractivity (Wildman–Crippen MR) is 73.4 cm³/mol. The molecule has 1 aliphatic carbocycles. The van der Waals surface area contributed by atoms with Crippen LogP contribution in [0.25, 0.3) is 0 Å². The molecule has 3 rings (SSSR count). The maximum atomic E-state index is 12.3. The summed E-state index contributed by atoms with van der Waals surface area (Å²) in [5.74, 6) is 0.284. The van der Waals surface area contributed by atoms with Crippen molar-refractivity contribution in [2.75, 3.05) is 6.54 Å². The largest absolute Gasteiger partial charge is 0.335 e. The molecule has 1 atom stereocenters. The van der Waals surface area contributed by atoms with Crippen LogP contribution in [0.4, 0.5) is 0 Å². The van der Waals surface area contributed by atoms with Gasteiger partial charge in [-0.15, -0.1) is 0 Å². The molecule has 0 N–H and O–H groups in total. The Morgan fingerprint density at radius 1 is 1.32 bits per heavy atom. The lowest BCUT2D eigenvalue weighted by Gasteiger charge is -2.44. The average Bonchev–Trinajstić information content (AvgIpc) is 2.93. The highest BCUT2D eigenvalue weighted by Crippen LogP contribution is 2.31. The lowest BCUT2D eigenvalue weighted by Crippen LogP contribution is -2.55. The molecular weight excluding hydrogens is 238 g/mol. The van der Waals surface area contributed by atoms with Gasteiger partial charge in [-0.1, -0.05) is 24.3 Å². The van der Waals surface area contributed by atoms with Crippen LogP contribution >= 0.6 is 0 Å². The number of rotatable bonds is 3. The van der Waals surface area contributed by atoms with Gasteiger partial charge in [0.25, 0.3) is 0 Å². The Labute approximate surface area is 113 Å². The zero-order chi connectivity index (χ0) is 13.1. The van der Waals surface area contributed by atoms with Crippen LogP contribution in [0.15, 0.2) is 43.0 Å². The van der Waals surface area contributed by atoms with Gasteiger partial charge in [0.15, 0.2) is 0 Å². The molecule has 4 nitrogen and oxygen atoms in total. The van der Waals surface area contributed by atoms with Crippen LogP contribution < -0.4 is 0 Å². The van der Waals surface area contributed by atoms with Crippen molar-refractivity contribution in [3.8, 4) is 0 Å². The van der Waals surface area contributed by atoms with Gasteiger partial charge in [-0.25, -0.2) is 4.98 Å². The summed E-state index contributed by atoms with van der Waals surface area (Å²) in [4.78, 5) is 18.4. The summed E-state index contributed by atoms with van der Waals surface area (Å²) in [6.45, 7) is 1.64. The molecular formula is C15H19N3O. The molecule has 19 heavy (non-hydrogen) atoms. The summed E-state index contributed by atoms with van der Waals surface area (Å²) in [7, 11) is 0. The molecule has 2 heterocycles. The SMILES string of the molecule is O=C1CCCCN1C1(Cn2ccnc2)C=CC=CC1. The second kappa shape index (κ2) is 5.03. The molecule has 100 valence electrons.